The zero-order valence-electron chi connectivity index (χ0n) is 18.8. The van der Waals surface area contributed by atoms with E-state index in [-0.39, 0.29) is 35.7 Å². The molecule has 2 aromatic rings. The largest absolute Gasteiger partial charge is 0.490 e. The van der Waals surface area contributed by atoms with Crippen LogP contribution in [0.5, 0.6) is 5.75 Å². The minimum atomic E-state index is -0.563. The number of nitrogens with zero attached hydrogens (tertiary/aromatic N) is 2. The van der Waals surface area contributed by atoms with Gasteiger partial charge < -0.3 is 19.7 Å². The van der Waals surface area contributed by atoms with E-state index in [0.29, 0.717) is 29.4 Å². The molecule has 1 saturated carbocycles. The van der Waals surface area contributed by atoms with Crippen LogP contribution < -0.4 is 10.1 Å². The summed E-state index contributed by atoms with van der Waals surface area (Å²) < 4.78 is 24.6. The number of benzene rings is 2. The zero-order chi connectivity index (χ0) is 24.5. The molecule has 1 atom stereocenters. The van der Waals surface area contributed by atoms with Gasteiger partial charge in [0, 0.05) is 29.6 Å². The van der Waals surface area contributed by atoms with E-state index in [4.69, 9.17) is 32.7 Å². The molecule has 3 aliphatic rings. The van der Waals surface area contributed by atoms with Gasteiger partial charge in [-0.2, -0.15) is 0 Å². The van der Waals surface area contributed by atoms with Crippen molar-refractivity contribution in [2.24, 2.45) is 4.99 Å². The third-order valence-electron chi connectivity index (χ3n) is 6.62. The van der Waals surface area contributed by atoms with Gasteiger partial charge >= 0.3 is 6.09 Å². The third-order valence-corrected chi connectivity index (χ3v) is 7.16. The van der Waals surface area contributed by atoms with Crippen LogP contribution in [0.15, 0.2) is 41.4 Å². The maximum absolute atomic E-state index is 13.6. The molecule has 0 radical (unpaired) electrons. The molecule has 2 aliphatic heterocycles. The fourth-order valence-corrected chi connectivity index (χ4v) is 5.10. The molecule has 1 aliphatic carbocycles. The summed E-state index contributed by atoms with van der Waals surface area (Å²) in [7, 11) is 0. The predicted molar refractivity (Wildman–Crippen MR) is 130 cm³/mol. The van der Waals surface area contributed by atoms with Crippen molar-refractivity contribution in [3.63, 3.8) is 0 Å². The first-order chi connectivity index (χ1) is 16.9. The summed E-state index contributed by atoms with van der Waals surface area (Å²) in [5.41, 5.74) is 2.24. The summed E-state index contributed by atoms with van der Waals surface area (Å²) >= 11 is 11.7. The fourth-order valence-electron chi connectivity index (χ4n) is 4.78. The van der Waals surface area contributed by atoms with Gasteiger partial charge in [-0.05, 0) is 61.6 Å². The van der Waals surface area contributed by atoms with Crippen LogP contribution in [0.4, 0.5) is 14.9 Å². The van der Waals surface area contributed by atoms with Gasteiger partial charge in [0.15, 0.2) is 6.10 Å². The molecule has 2 fully saturated rings. The molecule has 5 rings (SSSR count). The van der Waals surface area contributed by atoms with Crippen molar-refractivity contribution in [2.75, 3.05) is 13.2 Å². The van der Waals surface area contributed by atoms with Crippen LogP contribution in [-0.2, 0) is 16.0 Å². The van der Waals surface area contributed by atoms with E-state index < -0.39 is 11.9 Å². The predicted octanol–water partition coefficient (Wildman–Crippen LogP) is 5.09. The lowest BCUT2D eigenvalue weighted by Gasteiger charge is -2.33. The number of fused-ring (bicyclic) bond motifs is 1. The summed E-state index contributed by atoms with van der Waals surface area (Å²) in [6, 6.07) is 9.71. The van der Waals surface area contributed by atoms with Gasteiger partial charge in [0.1, 0.15) is 23.9 Å². The molecule has 1 N–H and O–H groups in total. The maximum Gasteiger partial charge on any atom is 0.410 e. The van der Waals surface area contributed by atoms with E-state index in [1.165, 1.54) is 12.1 Å². The second kappa shape index (κ2) is 10.0. The topological polar surface area (TPSA) is 80.2 Å². The van der Waals surface area contributed by atoms with Crippen molar-refractivity contribution < 1.29 is 23.5 Å². The quantitative estimate of drug-likeness (QED) is 0.576. The Morgan fingerprint density at radius 1 is 1.17 bits per heavy atom. The van der Waals surface area contributed by atoms with E-state index in [0.717, 1.165) is 36.9 Å². The Hall–Kier alpha value is -2.84. The van der Waals surface area contributed by atoms with Crippen molar-refractivity contribution in [3.8, 4) is 5.75 Å². The molecule has 0 bridgehead atoms. The van der Waals surface area contributed by atoms with Crippen LogP contribution in [0.2, 0.25) is 10.0 Å². The molecule has 0 spiro atoms. The highest BCUT2D eigenvalue weighted by Gasteiger charge is 2.38. The first-order valence-electron chi connectivity index (χ1n) is 11.6. The van der Waals surface area contributed by atoms with Gasteiger partial charge in [0.2, 0.25) is 0 Å². The monoisotopic (exact) mass is 519 g/mol. The lowest BCUT2D eigenvalue weighted by atomic mass is 9.90. The fraction of sp³-hybridized carbons (Fsp3) is 0.400. The molecule has 184 valence electrons. The van der Waals surface area contributed by atoms with Gasteiger partial charge in [0.25, 0.3) is 5.91 Å². The second-order valence-electron chi connectivity index (χ2n) is 9.03. The van der Waals surface area contributed by atoms with Crippen molar-refractivity contribution in [1.29, 1.82) is 0 Å². The molecule has 1 unspecified atom stereocenters. The minimum absolute atomic E-state index is 0.0221. The standard InChI is InChI=1S/C25H24Cl2FN3O4/c26-15-1-8-22-14(9-15)10-23(30-22)24(32)29-16-2-4-17(5-3-16)31-12-19(35-25(31)33)13-34-18-6-7-20(27)21(28)11-18/h1,6-9,11,16-17,19H,2-5,10,12-13H2,(H,29,32). The Morgan fingerprint density at radius 2 is 1.97 bits per heavy atom. The highest BCUT2D eigenvalue weighted by Crippen LogP contribution is 2.30. The average molecular weight is 520 g/mol. The Balaban J connectivity index is 1.08. The summed E-state index contributed by atoms with van der Waals surface area (Å²) in [5.74, 6) is -0.389. The van der Waals surface area contributed by atoms with Crippen LogP contribution in [0.3, 0.4) is 0 Å². The SMILES string of the molecule is O=C(NC1CCC(N2CC(COc3ccc(Cl)c(F)c3)OC2=O)CC1)C1=Nc2ccc(Cl)cc2C1. The molecule has 0 aromatic heterocycles. The Labute approximate surface area is 212 Å². The van der Waals surface area contributed by atoms with Gasteiger partial charge in [-0.25, -0.2) is 14.2 Å². The number of hydrogen-bond acceptors (Lipinski definition) is 5. The maximum atomic E-state index is 13.6. The van der Waals surface area contributed by atoms with Crippen LogP contribution in [-0.4, -0.2) is 54.0 Å². The van der Waals surface area contributed by atoms with E-state index in [1.807, 2.05) is 12.1 Å². The Kier molecular flexibility index (Phi) is 6.84. The second-order valence-corrected chi connectivity index (χ2v) is 9.88. The molecule has 2 aromatic carbocycles. The Morgan fingerprint density at radius 3 is 2.74 bits per heavy atom. The molecule has 35 heavy (non-hydrogen) atoms. The molecule has 2 amide bonds. The highest BCUT2D eigenvalue weighted by atomic mass is 35.5. The van der Waals surface area contributed by atoms with Gasteiger partial charge in [-0.1, -0.05) is 23.2 Å². The molecule has 7 nitrogen and oxygen atoms in total. The van der Waals surface area contributed by atoms with Crippen molar-refractivity contribution in [1.82, 2.24) is 10.2 Å². The number of ether oxygens (including phenoxy) is 2. The summed E-state index contributed by atoms with van der Waals surface area (Å²) in [6.45, 7) is 0.540. The first kappa shape index (κ1) is 23.9. The van der Waals surface area contributed by atoms with Crippen molar-refractivity contribution in [2.45, 2.75) is 50.3 Å². The number of amides is 2. The minimum Gasteiger partial charge on any atom is -0.490 e. The number of cyclic esters (lactones) is 1. The van der Waals surface area contributed by atoms with Gasteiger partial charge in [0.05, 0.1) is 17.3 Å². The molecule has 1 saturated heterocycles. The van der Waals surface area contributed by atoms with Crippen LogP contribution in [0.1, 0.15) is 31.2 Å². The molecular weight excluding hydrogens is 496 g/mol. The van der Waals surface area contributed by atoms with E-state index >= 15 is 0 Å². The Bertz CT molecular complexity index is 1180. The summed E-state index contributed by atoms with van der Waals surface area (Å²) in [5, 5.41) is 3.74. The van der Waals surface area contributed by atoms with Gasteiger partial charge in [-0.15, -0.1) is 0 Å². The van der Waals surface area contributed by atoms with E-state index in [1.54, 1.807) is 17.0 Å². The van der Waals surface area contributed by atoms with Crippen LogP contribution >= 0.6 is 23.2 Å². The highest BCUT2D eigenvalue weighted by molar-refractivity contribution is 6.41. The van der Waals surface area contributed by atoms with Crippen LogP contribution in [0, 0.1) is 5.82 Å². The van der Waals surface area contributed by atoms with Gasteiger partial charge in [-0.3, -0.25) is 4.79 Å². The first-order valence-corrected chi connectivity index (χ1v) is 12.3. The number of aliphatic imine (C=N–C) groups is 1. The van der Waals surface area contributed by atoms with E-state index in [2.05, 4.69) is 10.3 Å². The summed E-state index contributed by atoms with van der Waals surface area (Å²) in [4.78, 5) is 31.3. The lowest BCUT2D eigenvalue weighted by Crippen LogP contribution is -2.46. The smallest absolute Gasteiger partial charge is 0.410 e. The third kappa shape index (κ3) is 5.38. The van der Waals surface area contributed by atoms with E-state index in [9.17, 15) is 14.0 Å². The number of halogens is 3. The normalized spacial score (nSPS) is 23.5. The number of carbonyl (C=O) groups excluding carboxylic acids is 2. The van der Waals surface area contributed by atoms with Crippen LogP contribution in [0.25, 0.3) is 0 Å². The number of hydrogen-bond donors (Lipinski definition) is 1. The number of nitrogens with one attached hydrogen (secondary N) is 1. The molecule has 2 heterocycles. The summed E-state index contributed by atoms with van der Waals surface area (Å²) in [6.07, 6.45) is 2.72. The lowest BCUT2D eigenvalue weighted by molar-refractivity contribution is -0.115. The molecule has 10 heteroatoms. The van der Waals surface area contributed by atoms with Crippen molar-refractivity contribution >= 4 is 46.6 Å². The zero-order valence-corrected chi connectivity index (χ0v) is 20.3. The average Bonchev–Trinajstić information content (AvgIpc) is 3.43. The number of rotatable bonds is 6. The van der Waals surface area contributed by atoms with Crippen molar-refractivity contribution in [3.05, 3.63) is 57.8 Å². The molecular formula is C25H24Cl2FN3O4. The number of carbonyl (C=O) groups is 2.